The highest BCUT2D eigenvalue weighted by Gasteiger charge is 2.27. The van der Waals surface area contributed by atoms with Gasteiger partial charge in [0.05, 0.1) is 12.6 Å². The zero-order chi connectivity index (χ0) is 15.2. The third-order valence-electron chi connectivity index (χ3n) is 4.37. The Bertz CT molecular complexity index is 367. The van der Waals surface area contributed by atoms with Crippen molar-refractivity contribution in [3.8, 4) is 0 Å². The summed E-state index contributed by atoms with van der Waals surface area (Å²) < 4.78 is 0. The van der Waals surface area contributed by atoms with E-state index >= 15 is 0 Å². The van der Waals surface area contributed by atoms with Crippen LogP contribution in [-0.4, -0.2) is 85.9 Å². The van der Waals surface area contributed by atoms with Gasteiger partial charge in [0.25, 0.3) is 0 Å². The van der Waals surface area contributed by atoms with Crippen LogP contribution in [0.25, 0.3) is 0 Å². The van der Waals surface area contributed by atoms with E-state index in [4.69, 9.17) is 0 Å². The van der Waals surface area contributed by atoms with Crippen LogP contribution < -0.4 is 5.32 Å². The van der Waals surface area contributed by atoms with Crippen molar-refractivity contribution >= 4 is 11.8 Å². The van der Waals surface area contributed by atoms with Gasteiger partial charge in [-0.15, -0.1) is 0 Å². The molecule has 120 valence electrons. The molecule has 0 aromatic carbocycles. The summed E-state index contributed by atoms with van der Waals surface area (Å²) >= 11 is 0. The van der Waals surface area contributed by atoms with Gasteiger partial charge in [0.2, 0.25) is 11.8 Å². The lowest BCUT2D eigenvalue weighted by molar-refractivity contribution is -0.133. The molecule has 2 rings (SSSR count). The van der Waals surface area contributed by atoms with Gasteiger partial charge in [0, 0.05) is 40.3 Å². The molecule has 0 aliphatic carbocycles. The molecule has 2 heterocycles. The summed E-state index contributed by atoms with van der Waals surface area (Å²) in [5.74, 6) is 0.374. The molecule has 2 fully saturated rings. The van der Waals surface area contributed by atoms with Gasteiger partial charge in [-0.3, -0.25) is 14.5 Å². The highest BCUT2D eigenvalue weighted by Crippen LogP contribution is 2.12. The van der Waals surface area contributed by atoms with Crippen LogP contribution in [0.5, 0.6) is 0 Å². The molecule has 0 radical (unpaired) electrons. The molecule has 0 aromatic heterocycles. The van der Waals surface area contributed by atoms with E-state index < -0.39 is 0 Å². The topological polar surface area (TPSA) is 55.9 Å². The zero-order valence-electron chi connectivity index (χ0n) is 13.3. The van der Waals surface area contributed by atoms with Crippen LogP contribution in [-0.2, 0) is 9.59 Å². The van der Waals surface area contributed by atoms with Gasteiger partial charge in [-0.05, 0) is 25.8 Å². The van der Waals surface area contributed by atoms with Crippen LogP contribution in [0.15, 0.2) is 0 Å². The SMILES string of the molecule is CN(C)C(=O)CN1CCCN(C(=O)[C@H]2CCCCN2)CC1. The average Bonchev–Trinajstić information content (AvgIpc) is 2.73. The number of carbonyl (C=O) groups excluding carboxylic acids is 2. The number of carbonyl (C=O) groups is 2. The Labute approximate surface area is 127 Å². The molecule has 2 saturated heterocycles. The summed E-state index contributed by atoms with van der Waals surface area (Å²) in [4.78, 5) is 30.0. The van der Waals surface area contributed by atoms with Crippen molar-refractivity contribution in [2.24, 2.45) is 0 Å². The number of hydrogen-bond donors (Lipinski definition) is 1. The third kappa shape index (κ3) is 4.68. The van der Waals surface area contributed by atoms with Crippen molar-refractivity contribution in [3.63, 3.8) is 0 Å². The normalized spacial score (nSPS) is 24.5. The maximum Gasteiger partial charge on any atom is 0.239 e. The second kappa shape index (κ2) is 7.75. The monoisotopic (exact) mass is 296 g/mol. The molecule has 0 saturated carbocycles. The molecule has 2 amide bonds. The van der Waals surface area contributed by atoms with Gasteiger partial charge in [0.15, 0.2) is 0 Å². The standard InChI is InChI=1S/C15H28N4O2/c1-17(2)14(20)12-18-8-5-9-19(11-10-18)15(21)13-6-3-4-7-16-13/h13,16H,3-12H2,1-2H3/t13-/m1/s1. The van der Waals surface area contributed by atoms with Gasteiger partial charge < -0.3 is 15.1 Å². The molecule has 6 nitrogen and oxygen atoms in total. The summed E-state index contributed by atoms with van der Waals surface area (Å²) in [6.45, 7) is 4.63. The van der Waals surface area contributed by atoms with Crippen molar-refractivity contribution in [1.82, 2.24) is 20.0 Å². The number of hydrogen-bond acceptors (Lipinski definition) is 4. The molecule has 0 spiro atoms. The van der Waals surface area contributed by atoms with Crippen molar-refractivity contribution in [2.45, 2.75) is 31.7 Å². The number of rotatable bonds is 3. The minimum Gasteiger partial charge on any atom is -0.348 e. The average molecular weight is 296 g/mol. The lowest BCUT2D eigenvalue weighted by Gasteiger charge is -2.29. The summed E-state index contributed by atoms with van der Waals surface area (Å²) in [5.41, 5.74) is 0. The smallest absolute Gasteiger partial charge is 0.239 e. The van der Waals surface area contributed by atoms with E-state index in [1.165, 1.54) is 6.42 Å². The van der Waals surface area contributed by atoms with Gasteiger partial charge >= 0.3 is 0 Å². The molecule has 0 bridgehead atoms. The summed E-state index contributed by atoms with van der Waals surface area (Å²) in [6, 6.07) is 0.00806. The second-order valence-electron chi connectivity index (χ2n) is 6.25. The molecular formula is C15H28N4O2. The Kier molecular flexibility index (Phi) is 5.99. The molecule has 2 aliphatic heterocycles. The molecule has 0 unspecified atom stereocenters. The van der Waals surface area contributed by atoms with Gasteiger partial charge in [-0.25, -0.2) is 0 Å². The van der Waals surface area contributed by atoms with Crippen molar-refractivity contribution in [2.75, 3.05) is 53.4 Å². The van der Waals surface area contributed by atoms with Crippen LogP contribution >= 0.6 is 0 Å². The van der Waals surface area contributed by atoms with E-state index in [0.29, 0.717) is 6.54 Å². The Morgan fingerprint density at radius 2 is 1.90 bits per heavy atom. The van der Waals surface area contributed by atoms with Crippen LogP contribution in [0, 0.1) is 0 Å². The van der Waals surface area contributed by atoms with Crippen LogP contribution in [0.2, 0.25) is 0 Å². The van der Waals surface area contributed by atoms with Gasteiger partial charge in [0.1, 0.15) is 0 Å². The highest BCUT2D eigenvalue weighted by atomic mass is 16.2. The summed E-state index contributed by atoms with van der Waals surface area (Å²) in [7, 11) is 3.56. The van der Waals surface area contributed by atoms with Gasteiger partial charge in [-0.2, -0.15) is 0 Å². The maximum atomic E-state index is 12.5. The van der Waals surface area contributed by atoms with Crippen LogP contribution in [0.3, 0.4) is 0 Å². The number of nitrogens with zero attached hydrogens (tertiary/aromatic N) is 3. The molecule has 0 aromatic rings. The summed E-state index contributed by atoms with van der Waals surface area (Å²) in [6.07, 6.45) is 4.21. The van der Waals surface area contributed by atoms with Crippen LogP contribution in [0.1, 0.15) is 25.7 Å². The van der Waals surface area contributed by atoms with Crippen molar-refractivity contribution in [3.05, 3.63) is 0 Å². The van der Waals surface area contributed by atoms with E-state index in [0.717, 1.165) is 52.0 Å². The molecule has 1 atom stereocenters. The predicted octanol–water partition coefficient (Wildman–Crippen LogP) is -0.249. The van der Waals surface area contributed by atoms with Crippen molar-refractivity contribution < 1.29 is 9.59 Å². The second-order valence-corrected chi connectivity index (χ2v) is 6.25. The van der Waals surface area contributed by atoms with E-state index in [1.54, 1.807) is 19.0 Å². The minimum atomic E-state index is 0.00806. The number of piperidine rings is 1. The van der Waals surface area contributed by atoms with E-state index in [2.05, 4.69) is 10.2 Å². The minimum absolute atomic E-state index is 0.00806. The number of amides is 2. The van der Waals surface area contributed by atoms with Crippen molar-refractivity contribution in [1.29, 1.82) is 0 Å². The molecule has 2 aliphatic rings. The fourth-order valence-electron chi connectivity index (χ4n) is 2.97. The Morgan fingerprint density at radius 1 is 1.10 bits per heavy atom. The van der Waals surface area contributed by atoms with E-state index in [-0.39, 0.29) is 17.9 Å². The largest absolute Gasteiger partial charge is 0.348 e. The Hall–Kier alpha value is -1.14. The first kappa shape index (κ1) is 16.2. The first-order valence-electron chi connectivity index (χ1n) is 8.02. The Balaban J connectivity index is 1.82. The van der Waals surface area contributed by atoms with E-state index in [9.17, 15) is 9.59 Å². The maximum absolute atomic E-state index is 12.5. The molecule has 21 heavy (non-hydrogen) atoms. The first-order valence-corrected chi connectivity index (χ1v) is 8.02. The van der Waals surface area contributed by atoms with Gasteiger partial charge in [-0.1, -0.05) is 6.42 Å². The quantitative estimate of drug-likeness (QED) is 0.780. The lowest BCUT2D eigenvalue weighted by atomic mass is 10.0. The predicted molar refractivity (Wildman–Crippen MR) is 82.0 cm³/mol. The number of nitrogens with one attached hydrogen (secondary N) is 1. The highest BCUT2D eigenvalue weighted by molar-refractivity contribution is 5.82. The molecule has 1 N–H and O–H groups in total. The fraction of sp³-hybridized carbons (Fsp3) is 0.867. The fourth-order valence-corrected chi connectivity index (χ4v) is 2.97. The molecular weight excluding hydrogens is 268 g/mol. The lowest BCUT2D eigenvalue weighted by Crippen LogP contribution is -2.49. The summed E-state index contributed by atoms with van der Waals surface area (Å²) in [5, 5.41) is 3.33. The third-order valence-corrected chi connectivity index (χ3v) is 4.37. The van der Waals surface area contributed by atoms with E-state index in [1.807, 2.05) is 4.90 Å². The first-order chi connectivity index (χ1) is 10.1. The zero-order valence-corrected chi connectivity index (χ0v) is 13.3. The Morgan fingerprint density at radius 3 is 2.57 bits per heavy atom. The molecule has 6 heteroatoms. The number of likely N-dealkylation sites (N-methyl/N-ethyl adjacent to an activating group) is 1. The van der Waals surface area contributed by atoms with Crippen LogP contribution in [0.4, 0.5) is 0 Å².